The van der Waals surface area contributed by atoms with E-state index in [1.165, 1.54) is 11.1 Å². The monoisotopic (exact) mass is 275 g/mol. The molecule has 1 aliphatic rings. The molecule has 2 rings (SSSR count). The minimum absolute atomic E-state index is 0.0598. The van der Waals surface area contributed by atoms with Gasteiger partial charge in [-0.05, 0) is 23.5 Å². The van der Waals surface area contributed by atoms with Crippen LogP contribution in [0.25, 0.3) is 0 Å². The van der Waals surface area contributed by atoms with Gasteiger partial charge in [0.25, 0.3) is 0 Å². The Hall–Kier alpha value is -1.35. The first-order chi connectivity index (χ1) is 9.43. The molecule has 1 aliphatic heterocycles. The minimum Gasteiger partial charge on any atom is -0.466 e. The molecule has 1 N–H and O–H groups in total. The summed E-state index contributed by atoms with van der Waals surface area (Å²) in [7, 11) is 0. The number of carbonyl (C=O) groups excluding carboxylic acids is 1. The molecule has 1 fully saturated rings. The van der Waals surface area contributed by atoms with Gasteiger partial charge in [-0.3, -0.25) is 4.79 Å². The highest BCUT2D eigenvalue weighted by molar-refractivity contribution is 5.74. The zero-order valence-electron chi connectivity index (χ0n) is 12.9. The first-order valence-electron chi connectivity index (χ1n) is 7.41. The number of esters is 1. The van der Waals surface area contributed by atoms with Crippen molar-refractivity contribution in [1.82, 2.24) is 5.32 Å². The van der Waals surface area contributed by atoms with Crippen LogP contribution < -0.4 is 5.32 Å². The van der Waals surface area contributed by atoms with Gasteiger partial charge in [-0.1, -0.05) is 45.0 Å². The first-order valence-corrected chi connectivity index (χ1v) is 7.41. The Morgan fingerprint density at radius 2 is 1.90 bits per heavy atom. The predicted octanol–water partition coefficient (Wildman–Crippen LogP) is 2.85. The second-order valence-corrected chi connectivity index (χ2v) is 6.50. The fourth-order valence-electron chi connectivity index (χ4n) is 2.76. The highest BCUT2D eigenvalue weighted by Crippen LogP contribution is 2.31. The van der Waals surface area contributed by atoms with Crippen LogP contribution in [0.2, 0.25) is 0 Å². The number of hydrogen-bond donors (Lipinski definition) is 1. The lowest BCUT2D eigenvalue weighted by atomic mass is 9.83. The molecule has 20 heavy (non-hydrogen) atoms. The van der Waals surface area contributed by atoms with Crippen molar-refractivity contribution >= 4 is 5.97 Å². The van der Waals surface area contributed by atoms with Gasteiger partial charge in [0.15, 0.2) is 0 Å². The van der Waals surface area contributed by atoms with Gasteiger partial charge >= 0.3 is 5.97 Å². The van der Waals surface area contributed by atoms with Crippen LogP contribution in [-0.4, -0.2) is 25.7 Å². The van der Waals surface area contributed by atoms with Crippen molar-refractivity contribution in [3.05, 3.63) is 35.4 Å². The van der Waals surface area contributed by atoms with Gasteiger partial charge in [0, 0.05) is 19.0 Å². The molecule has 3 heteroatoms. The quantitative estimate of drug-likeness (QED) is 0.862. The van der Waals surface area contributed by atoms with Crippen molar-refractivity contribution in [1.29, 1.82) is 0 Å². The van der Waals surface area contributed by atoms with Crippen LogP contribution in [-0.2, 0) is 14.9 Å². The number of benzene rings is 1. The van der Waals surface area contributed by atoms with Gasteiger partial charge < -0.3 is 10.1 Å². The van der Waals surface area contributed by atoms with Gasteiger partial charge in [-0.15, -0.1) is 0 Å². The minimum atomic E-state index is -0.0811. The molecule has 2 unspecified atom stereocenters. The maximum atomic E-state index is 12.0. The Bertz CT molecular complexity index is 459. The van der Waals surface area contributed by atoms with Crippen LogP contribution in [0.4, 0.5) is 0 Å². The molecule has 2 atom stereocenters. The highest BCUT2D eigenvalue weighted by Gasteiger charge is 2.35. The van der Waals surface area contributed by atoms with Gasteiger partial charge in [0.1, 0.15) is 0 Å². The average Bonchev–Trinajstić information content (AvgIpc) is 2.87. The second-order valence-electron chi connectivity index (χ2n) is 6.50. The summed E-state index contributed by atoms with van der Waals surface area (Å²) in [6.07, 6.45) is 0. The lowest BCUT2D eigenvalue weighted by Gasteiger charge is -2.21. The van der Waals surface area contributed by atoms with E-state index in [4.69, 9.17) is 4.74 Å². The van der Waals surface area contributed by atoms with Gasteiger partial charge in [0.2, 0.25) is 0 Å². The Balaban J connectivity index is 2.16. The zero-order chi connectivity index (χ0) is 14.8. The molecule has 0 bridgehead atoms. The molecule has 110 valence electrons. The topological polar surface area (TPSA) is 38.3 Å². The van der Waals surface area contributed by atoms with Gasteiger partial charge in [0.05, 0.1) is 12.5 Å². The summed E-state index contributed by atoms with van der Waals surface area (Å²) in [5, 5.41) is 3.30. The summed E-state index contributed by atoms with van der Waals surface area (Å²) in [5.41, 5.74) is 2.70. The molecule has 0 radical (unpaired) electrons. The molecule has 0 aliphatic carbocycles. The third-order valence-electron chi connectivity index (χ3n) is 4.01. The molecular weight excluding hydrogens is 250 g/mol. The van der Waals surface area contributed by atoms with E-state index in [1.807, 2.05) is 6.92 Å². The number of ether oxygens (including phenoxy) is 1. The van der Waals surface area contributed by atoms with Crippen LogP contribution in [0.5, 0.6) is 0 Å². The zero-order valence-corrected chi connectivity index (χ0v) is 12.9. The summed E-state index contributed by atoms with van der Waals surface area (Å²) in [6.45, 7) is 10.5. The number of hydrogen-bond acceptors (Lipinski definition) is 3. The van der Waals surface area contributed by atoms with E-state index >= 15 is 0 Å². The van der Waals surface area contributed by atoms with Gasteiger partial charge in [-0.2, -0.15) is 0 Å². The molecule has 1 heterocycles. The van der Waals surface area contributed by atoms with Crippen LogP contribution >= 0.6 is 0 Å². The molecule has 1 aromatic rings. The molecular formula is C17H25NO2. The predicted molar refractivity (Wildman–Crippen MR) is 80.9 cm³/mol. The fraction of sp³-hybridized carbons (Fsp3) is 0.588. The molecule has 0 spiro atoms. The molecule has 1 saturated heterocycles. The van der Waals surface area contributed by atoms with Crippen molar-refractivity contribution < 1.29 is 9.53 Å². The van der Waals surface area contributed by atoms with Crippen LogP contribution in [0.3, 0.4) is 0 Å². The molecule has 0 amide bonds. The summed E-state index contributed by atoms with van der Waals surface area (Å²) in [4.78, 5) is 12.0. The molecule has 0 aromatic heterocycles. The lowest BCUT2D eigenvalue weighted by Crippen LogP contribution is -2.24. The van der Waals surface area contributed by atoms with Crippen LogP contribution in [0.1, 0.15) is 44.7 Å². The molecule has 3 nitrogen and oxygen atoms in total. The third-order valence-corrected chi connectivity index (χ3v) is 4.01. The normalized spacial score (nSPS) is 22.8. The van der Waals surface area contributed by atoms with E-state index in [-0.39, 0.29) is 23.2 Å². The highest BCUT2D eigenvalue weighted by atomic mass is 16.5. The van der Waals surface area contributed by atoms with Crippen molar-refractivity contribution in [2.45, 2.75) is 39.0 Å². The van der Waals surface area contributed by atoms with E-state index in [9.17, 15) is 4.79 Å². The standard InChI is InChI=1S/C17H25NO2/c1-5-20-16(19)15-11-18-10-14(15)12-6-8-13(9-7-12)17(2,3)4/h6-9,14-15,18H,5,10-11H2,1-4H3. The second kappa shape index (κ2) is 5.96. The summed E-state index contributed by atoms with van der Waals surface area (Å²) in [6, 6.07) is 8.67. The number of carbonyl (C=O) groups is 1. The van der Waals surface area contributed by atoms with E-state index in [1.54, 1.807) is 0 Å². The first kappa shape index (κ1) is 15.0. The maximum absolute atomic E-state index is 12.0. The Kier molecular flexibility index (Phi) is 4.48. The van der Waals surface area contributed by atoms with Crippen molar-refractivity contribution in [2.75, 3.05) is 19.7 Å². The number of nitrogens with one attached hydrogen (secondary N) is 1. The number of rotatable bonds is 3. The van der Waals surface area contributed by atoms with Crippen molar-refractivity contribution in [3.63, 3.8) is 0 Å². The lowest BCUT2D eigenvalue weighted by molar-refractivity contribution is -0.147. The van der Waals surface area contributed by atoms with Crippen LogP contribution in [0.15, 0.2) is 24.3 Å². The van der Waals surface area contributed by atoms with E-state index in [2.05, 4.69) is 50.4 Å². The smallest absolute Gasteiger partial charge is 0.310 e. The third kappa shape index (κ3) is 3.21. The van der Waals surface area contributed by atoms with Gasteiger partial charge in [-0.25, -0.2) is 0 Å². The largest absolute Gasteiger partial charge is 0.466 e. The van der Waals surface area contributed by atoms with E-state index in [0.717, 1.165) is 6.54 Å². The Morgan fingerprint density at radius 1 is 1.25 bits per heavy atom. The fourth-order valence-corrected chi connectivity index (χ4v) is 2.76. The van der Waals surface area contributed by atoms with E-state index < -0.39 is 0 Å². The SMILES string of the molecule is CCOC(=O)C1CNCC1c1ccc(C(C)(C)C)cc1. The average molecular weight is 275 g/mol. The summed E-state index contributed by atoms with van der Waals surface area (Å²) >= 11 is 0. The summed E-state index contributed by atoms with van der Waals surface area (Å²) < 4.78 is 5.18. The van der Waals surface area contributed by atoms with Crippen molar-refractivity contribution in [2.24, 2.45) is 5.92 Å². The molecule has 1 aromatic carbocycles. The van der Waals surface area contributed by atoms with Crippen molar-refractivity contribution in [3.8, 4) is 0 Å². The Labute approximate surface area is 121 Å². The van der Waals surface area contributed by atoms with E-state index in [0.29, 0.717) is 13.2 Å². The Morgan fingerprint density at radius 3 is 2.45 bits per heavy atom. The maximum Gasteiger partial charge on any atom is 0.310 e. The van der Waals surface area contributed by atoms with Crippen LogP contribution in [0, 0.1) is 5.92 Å². The molecule has 0 saturated carbocycles. The summed E-state index contributed by atoms with van der Waals surface area (Å²) in [5.74, 6) is 0.0842.